The number of hydrogen-bond donors (Lipinski definition) is 3. The highest BCUT2D eigenvalue weighted by atomic mass is 35.5. The number of nitrogens with one attached hydrogen (secondary N) is 1. The number of carboxylic acids is 2. The second-order valence-electron chi connectivity index (χ2n) is 5.25. The molecule has 3 rings (SSSR count). The highest BCUT2D eigenvalue weighted by molar-refractivity contribution is 6.29. The quantitative estimate of drug-likeness (QED) is 0.578. The topological polar surface area (TPSA) is 99.5 Å². The number of hydrogen-bond acceptors (Lipinski definition) is 4. The van der Waals surface area contributed by atoms with Crippen LogP contribution in [0.5, 0.6) is 0 Å². The van der Waals surface area contributed by atoms with E-state index < -0.39 is 11.9 Å². The number of aromatic nitrogens is 1. The van der Waals surface area contributed by atoms with Crippen LogP contribution in [0.2, 0.25) is 5.15 Å². The monoisotopic (exact) mass is 336 g/mol. The van der Waals surface area contributed by atoms with Crippen LogP contribution in [0, 0.1) is 5.92 Å². The molecule has 6 nitrogen and oxygen atoms in total. The molecule has 122 valence electrons. The lowest BCUT2D eigenvalue weighted by molar-refractivity contribution is -0.134. The fraction of sp³-hybridized carbons (Fsp3) is 0.312. The van der Waals surface area contributed by atoms with Gasteiger partial charge in [-0.3, -0.25) is 0 Å². The van der Waals surface area contributed by atoms with Gasteiger partial charge in [0.15, 0.2) is 0 Å². The molecule has 0 saturated carbocycles. The molecule has 1 saturated heterocycles. The summed E-state index contributed by atoms with van der Waals surface area (Å²) in [6.07, 6.45) is 5.50. The fourth-order valence-corrected chi connectivity index (χ4v) is 2.90. The van der Waals surface area contributed by atoms with Crippen molar-refractivity contribution < 1.29 is 19.8 Å². The Morgan fingerprint density at radius 3 is 2.52 bits per heavy atom. The van der Waals surface area contributed by atoms with Crippen molar-refractivity contribution in [1.82, 2.24) is 10.3 Å². The molecule has 0 bridgehead atoms. The lowest BCUT2D eigenvalue weighted by Gasteiger charge is -2.04. The van der Waals surface area contributed by atoms with E-state index in [4.69, 9.17) is 21.8 Å². The molecule has 2 heterocycles. The van der Waals surface area contributed by atoms with E-state index in [0.717, 1.165) is 19.0 Å². The number of pyridine rings is 1. The van der Waals surface area contributed by atoms with Crippen LogP contribution in [0.3, 0.4) is 0 Å². The highest BCUT2D eigenvalue weighted by Gasteiger charge is 2.29. The maximum Gasteiger partial charge on any atom is 0.328 e. The Kier molecular flexibility index (Phi) is 5.90. The second kappa shape index (κ2) is 7.89. The van der Waals surface area contributed by atoms with E-state index in [1.54, 1.807) is 5.57 Å². The Morgan fingerprint density at radius 1 is 1.26 bits per heavy atom. The smallest absolute Gasteiger partial charge is 0.328 e. The fourth-order valence-electron chi connectivity index (χ4n) is 2.78. The van der Waals surface area contributed by atoms with E-state index in [1.807, 2.05) is 12.3 Å². The van der Waals surface area contributed by atoms with Gasteiger partial charge in [-0.15, -0.1) is 0 Å². The van der Waals surface area contributed by atoms with Crippen molar-refractivity contribution in [1.29, 1.82) is 0 Å². The third kappa shape index (κ3) is 4.91. The normalized spacial score (nSPS) is 19.4. The number of aliphatic carboxylic acids is 2. The largest absolute Gasteiger partial charge is 0.478 e. The Bertz CT molecular complexity index is 637. The number of fused-ring (bicyclic) bond motifs is 1. The predicted molar refractivity (Wildman–Crippen MR) is 86.2 cm³/mol. The lowest BCUT2D eigenvalue weighted by atomic mass is 10.0. The van der Waals surface area contributed by atoms with Gasteiger partial charge in [-0.25, -0.2) is 14.6 Å². The molecule has 1 atom stereocenters. The van der Waals surface area contributed by atoms with Crippen molar-refractivity contribution in [3.63, 3.8) is 0 Å². The number of carboxylic acid groups (broad SMARTS) is 2. The lowest BCUT2D eigenvalue weighted by Crippen LogP contribution is -2.08. The molecule has 1 aliphatic heterocycles. The maximum absolute atomic E-state index is 9.55. The van der Waals surface area contributed by atoms with Crippen molar-refractivity contribution in [2.24, 2.45) is 5.92 Å². The predicted octanol–water partition coefficient (Wildman–Crippen LogP) is 2.21. The summed E-state index contributed by atoms with van der Waals surface area (Å²) in [5.41, 5.74) is 4.34. The van der Waals surface area contributed by atoms with Crippen LogP contribution in [-0.4, -0.2) is 40.2 Å². The maximum atomic E-state index is 9.55. The van der Waals surface area contributed by atoms with Crippen LogP contribution < -0.4 is 5.32 Å². The molecule has 23 heavy (non-hydrogen) atoms. The minimum absolute atomic E-state index is 0.558. The third-order valence-electron chi connectivity index (χ3n) is 3.77. The number of carbonyl (C=O) groups is 2. The summed E-state index contributed by atoms with van der Waals surface area (Å²) in [4.78, 5) is 23.3. The van der Waals surface area contributed by atoms with E-state index >= 15 is 0 Å². The van der Waals surface area contributed by atoms with Crippen LogP contribution >= 0.6 is 11.6 Å². The first-order valence-electron chi connectivity index (χ1n) is 7.16. The van der Waals surface area contributed by atoms with Gasteiger partial charge >= 0.3 is 11.9 Å². The van der Waals surface area contributed by atoms with Gasteiger partial charge in [0, 0.05) is 31.4 Å². The molecule has 7 heteroatoms. The van der Waals surface area contributed by atoms with Crippen molar-refractivity contribution >= 4 is 29.1 Å². The molecule has 3 N–H and O–H groups in total. The second-order valence-corrected chi connectivity index (χ2v) is 5.64. The van der Waals surface area contributed by atoms with E-state index in [2.05, 4.69) is 16.4 Å². The number of rotatable bonds is 3. The average molecular weight is 337 g/mol. The summed E-state index contributed by atoms with van der Waals surface area (Å²) in [6.45, 7) is 2.21. The number of nitrogens with zero attached hydrogens (tertiary/aromatic N) is 1. The molecule has 0 aromatic carbocycles. The zero-order valence-electron chi connectivity index (χ0n) is 12.3. The Morgan fingerprint density at radius 2 is 1.96 bits per heavy atom. The first kappa shape index (κ1) is 17.2. The van der Waals surface area contributed by atoms with Crippen LogP contribution in [0.1, 0.15) is 18.4 Å². The first-order chi connectivity index (χ1) is 11.0. The summed E-state index contributed by atoms with van der Waals surface area (Å²) in [5, 5.41) is 19.6. The van der Waals surface area contributed by atoms with E-state index in [0.29, 0.717) is 17.3 Å². The van der Waals surface area contributed by atoms with Gasteiger partial charge in [-0.2, -0.15) is 0 Å². The highest BCUT2D eigenvalue weighted by Crippen LogP contribution is 2.39. The molecule has 1 aromatic heterocycles. The zero-order chi connectivity index (χ0) is 16.8. The number of allylic oxidation sites excluding steroid dienone is 1. The molecule has 0 amide bonds. The summed E-state index contributed by atoms with van der Waals surface area (Å²) < 4.78 is 0. The molecule has 1 aromatic rings. The van der Waals surface area contributed by atoms with Gasteiger partial charge in [0.2, 0.25) is 0 Å². The van der Waals surface area contributed by atoms with E-state index in [-0.39, 0.29) is 0 Å². The van der Waals surface area contributed by atoms with Gasteiger partial charge in [0.25, 0.3) is 0 Å². The van der Waals surface area contributed by atoms with E-state index in [9.17, 15) is 9.59 Å². The minimum Gasteiger partial charge on any atom is -0.478 e. The molecule has 1 unspecified atom stereocenters. The van der Waals surface area contributed by atoms with Gasteiger partial charge in [0.1, 0.15) is 5.15 Å². The van der Waals surface area contributed by atoms with E-state index in [1.165, 1.54) is 24.0 Å². The Hall–Kier alpha value is -2.18. The molecular formula is C16H17ClN2O4. The summed E-state index contributed by atoms with van der Waals surface area (Å²) in [7, 11) is 0. The summed E-state index contributed by atoms with van der Waals surface area (Å²) in [6, 6.07) is 3.96. The summed E-state index contributed by atoms with van der Waals surface area (Å²) in [5.74, 6) is -1.74. The van der Waals surface area contributed by atoms with Crippen LogP contribution in [0.25, 0.3) is 5.57 Å². The Balaban J connectivity index is 0.000000207. The SMILES string of the molecule is Clc1ccc(C2=C3CNCC3CC2)cn1.O=C(O)C=CC(=O)O. The molecule has 1 fully saturated rings. The van der Waals surface area contributed by atoms with Crippen LogP contribution in [0.4, 0.5) is 0 Å². The molecule has 1 aliphatic carbocycles. The van der Waals surface area contributed by atoms with Crippen molar-refractivity contribution in [2.75, 3.05) is 13.1 Å². The Labute approximate surface area is 138 Å². The molecular weight excluding hydrogens is 320 g/mol. The van der Waals surface area contributed by atoms with Gasteiger partial charge in [0.05, 0.1) is 0 Å². The molecule has 2 aliphatic rings. The third-order valence-corrected chi connectivity index (χ3v) is 4.00. The molecule has 0 spiro atoms. The van der Waals surface area contributed by atoms with Gasteiger partial charge in [-0.05, 0) is 41.5 Å². The summed E-state index contributed by atoms with van der Waals surface area (Å²) >= 11 is 5.79. The van der Waals surface area contributed by atoms with Crippen LogP contribution in [-0.2, 0) is 9.59 Å². The zero-order valence-corrected chi connectivity index (χ0v) is 13.1. The average Bonchev–Trinajstić information content (AvgIpc) is 3.10. The van der Waals surface area contributed by atoms with Crippen molar-refractivity contribution in [3.05, 3.63) is 46.8 Å². The van der Waals surface area contributed by atoms with Crippen molar-refractivity contribution in [2.45, 2.75) is 12.8 Å². The van der Waals surface area contributed by atoms with Crippen molar-refractivity contribution in [3.8, 4) is 0 Å². The number of halogens is 1. The molecule has 0 radical (unpaired) electrons. The van der Waals surface area contributed by atoms with Gasteiger partial charge in [-0.1, -0.05) is 17.7 Å². The first-order valence-corrected chi connectivity index (χ1v) is 7.53. The minimum atomic E-state index is -1.26. The standard InChI is InChI=1S/C12H13ClN2.C4H4O4/c13-12-4-2-9(6-15-12)10-3-1-8-5-14-7-11(8)10;5-3(6)1-2-4(7)8/h2,4,6,8,14H,1,3,5,7H2;1-2H,(H,5,6)(H,7,8). The van der Waals surface area contributed by atoms with Gasteiger partial charge < -0.3 is 15.5 Å². The van der Waals surface area contributed by atoms with Crippen LogP contribution in [0.15, 0.2) is 36.1 Å².